The molecule has 3 rings (SSSR count). The summed E-state index contributed by atoms with van der Waals surface area (Å²) in [6.07, 6.45) is 3.56. The van der Waals surface area contributed by atoms with Crippen molar-refractivity contribution in [3.63, 3.8) is 0 Å². The maximum atomic E-state index is 12.7. The van der Waals surface area contributed by atoms with Gasteiger partial charge in [-0.1, -0.05) is 60.7 Å². The molecule has 1 aliphatic rings. The summed E-state index contributed by atoms with van der Waals surface area (Å²) >= 11 is 0. The molecular weight excluding hydrogens is 356 g/mol. The minimum absolute atomic E-state index is 0.160. The predicted octanol–water partition coefficient (Wildman–Crippen LogP) is 3.41. The lowest BCUT2D eigenvalue weighted by Crippen LogP contribution is -2.49. The Morgan fingerprint density at radius 1 is 1.11 bits per heavy atom. The Morgan fingerprint density at radius 3 is 2.57 bits per heavy atom. The quantitative estimate of drug-likeness (QED) is 0.756. The van der Waals surface area contributed by atoms with Crippen molar-refractivity contribution in [2.45, 2.75) is 19.6 Å². The number of para-hydroxylation sites is 1. The molecule has 1 aliphatic heterocycles. The number of hydrogen-bond donors (Lipinski definition) is 2. The molecule has 144 valence electrons. The number of methoxy groups -OCH3 is 1. The van der Waals surface area contributed by atoms with Crippen molar-refractivity contribution in [3.8, 4) is 5.75 Å². The van der Waals surface area contributed by atoms with E-state index in [9.17, 15) is 9.59 Å². The Balaban J connectivity index is 1.80. The van der Waals surface area contributed by atoms with E-state index in [2.05, 4.69) is 10.6 Å². The number of esters is 1. The van der Waals surface area contributed by atoms with Crippen LogP contribution in [-0.2, 0) is 16.1 Å². The standard InChI is InChI=1S/C22H22N2O4/c1-15-20(21(25)28-14-16-8-4-3-5-9-16)18(24-22(26)23-15)13-12-17-10-6-7-11-19(17)27-2/h3-13,18H,14H2,1-2H3,(H2,23,24,26)/b13-12+/t18-/m1/s1. The first-order valence-corrected chi connectivity index (χ1v) is 8.89. The molecule has 0 bridgehead atoms. The Kier molecular flexibility index (Phi) is 6.11. The van der Waals surface area contributed by atoms with Gasteiger partial charge in [-0.3, -0.25) is 0 Å². The minimum atomic E-state index is -0.609. The van der Waals surface area contributed by atoms with Crippen molar-refractivity contribution < 1.29 is 19.1 Å². The molecule has 0 saturated heterocycles. The topological polar surface area (TPSA) is 76.7 Å². The minimum Gasteiger partial charge on any atom is -0.496 e. The van der Waals surface area contributed by atoms with Gasteiger partial charge in [-0.25, -0.2) is 9.59 Å². The summed E-state index contributed by atoms with van der Waals surface area (Å²) in [4.78, 5) is 24.6. The summed E-state index contributed by atoms with van der Waals surface area (Å²) in [5, 5.41) is 5.38. The van der Waals surface area contributed by atoms with Crippen LogP contribution in [-0.4, -0.2) is 25.2 Å². The zero-order valence-corrected chi connectivity index (χ0v) is 15.8. The number of nitrogens with one attached hydrogen (secondary N) is 2. The molecule has 1 atom stereocenters. The lowest BCUT2D eigenvalue weighted by atomic mass is 10.0. The van der Waals surface area contributed by atoms with E-state index in [-0.39, 0.29) is 12.6 Å². The van der Waals surface area contributed by atoms with E-state index in [1.807, 2.05) is 60.7 Å². The fourth-order valence-electron chi connectivity index (χ4n) is 2.95. The largest absolute Gasteiger partial charge is 0.496 e. The molecule has 2 aromatic carbocycles. The van der Waals surface area contributed by atoms with E-state index in [4.69, 9.17) is 9.47 Å². The highest BCUT2D eigenvalue weighted by atomic mass is 16.5. The van der Waals surface area contributed by atoms with E-state index in [0.29, 0.717) is 17.0 Å². The second-order valence-corrected chi connectivity index (χ2v) is 6.28. The van der Waals surface area contributed by atoms with Crippen LogP contribution in [0.5, 0.6) is 5.75 Å². The molecule has 0 fully saturated rings. The zero-order valence-electron chi connectivity index (χ0n) is 15.8. The van der Waals surface area contributed by atoms with E-state index in [1.165, 1.54) is 0 Å². The third-order valence-electron chi connectivity index (χ3n) is 4.34. The lowest BCUT2D eigenvalue weighted by molar-refractivity contribution is -0.140. The van der Waals surface area contributed by atoms with Gasteiger partial charge in [0.2, 0.25) is 0 Å². The molecule has 0 saturated carbocycles. The van der Waals surface area contributed by atoms with E-state index in [1.54, 1.807) is 20.1 Å². The maximum absolute atomic E-state index is 12.7. The van der Waals surface area contributed by atoms with Crippen molar-refractivity contribution in [1.82, 2.24) is 10.6 Å². The number of urea groups is 1. The van der Waals surface area contributed by atoms with E-state index in [0.717, 1.165) is 11.1 Å². The number of ether oxygens (including phenoxy) is 2. The summed E-state index contributed by atoms with van der Waals surface area (Å²) < 4.78 is 10.8. The predicted molar refractivity (Wildman–Crippen MR) is 106 cm³/mol. The van der Waals surface area contributed by atoms with Crippen LogP contribution in [0.1, 0.15) is 18.1 Å². The molecule has 0 aromatic heterocycles. The van der Waals surface area contributed by atoms with Gasteiger partial charge in [0, 0.05) is 11.3 Å². The highest BCUT2D eigenvalue weighted by Crippen LogP contribution is 2.21. The Bertz CT molecular complexity index is 919. The molecular formula is C22H22N2O4. The normalized spacial score (nSPS) is 16.5. The van der Waals surface area contributed by atoms with Gasteiger partial charge in [-0.15, -0.1) is 0 Å². The van der Waals surface area contributed by atoms with Crippen molar-refractivity contribution in [2.24, 2.45) is 0 Å². The van der Waals surface area contributed by atoms with Crippen LogP contribution in [0.15, 0.2) is 71.9 Å². The van der Waals surface area contributed by atoms with Crippen LogP contribution in [0.3, 0.4) is 0 Å². The molecule has 0 unspecified atom stereocenters. The first-order chi connectivity index (χ1) is 13.6. The highest BCUT2D eigenvalue weighted by Gasteiger charge is 2.29. The van der Waals surface area contributed by atoms with E-state index < -0.39 is 12.0 Å². The van der Waals surface area contributed by atoms with Crippen molar-refractivity contribution in [3.05, 3.63) is 83.1 Å². The zero-order chi connectivity index (χ0) is 19.9. The van der Waals surface area contributed by atoms with Crippen LogP contribution in [0.25, 0.3) is 6.08 Å². The van der Waals surface area contributed by atoms with Gasteiger partial charge in [-0.05, 0) is 18.6 Å². The van der Waals surface area contributed by atoms with Crippen molar-refractivity contribution in [2.75, 3.05) is 7.11 Å². The number of rotatable bonds is 6. The van der Waals surface area contributed by atoms with Gasteiger partial charge in [-0.2, -0.15) is 0 Å². The number of benzene rings is 2. The fraction of sp³-hybridized carbons (Fsp3) is 0.182. The first kappa shape index (κ1) is 19.2. The SMILES string of the molecule is COc1ccccc1/C=C/[C@H]1NC(=O)NC(C)=C1C(=O)OCc1ccccc1. The average molecular weight is 378 g/mol. The smallest absolute Gasteiger partial charge is 0.338 e. The van der Waals surface area contributed by atoms with Crippen molar-refractivity contribution in [1.29, 1.82) is 0 Å². The molecule has 6 heteroatoms. The molecule has 1 heterocycles. The van der Waals surface area contributed by atoms with Crippen LogP contribution < -0.4 is 15.4 Å². The van der Waals surface area contributed by atoms with E-state index >= 15 is 0 Å². The lowest BCUT2D eigenvalue weighted by Gasteiger charge is -2.25. The number of carbonyl (C=O) groups excluding carboxylic acids is 2. The molecule has 2 aromatic rings. The highest BCUT2D eigenvalue weighted by molar-refractivity contribution is 5.95. The van der Waals surface area contributed by atoms with Crippen LogP contribution in [0.4, 0.5) is 4.79 Å². The number of carbonyl (C=O) groups is 2. The van der Waals surface area contributed by atoms with Gasteiger partial charge < -0.3 is 20.1 Å². The molecule has 2 amide bonds. The van der Waals surface area contributed by atoms with Gasteiger partial charge in [0.05, 0.1) is 18.7 Å². The van der Waals surface area contributed by atoms with Crippen LogP contribution in [0, 0.1) is 0 Å². The summed E-state index contributed by atoms with van der Waals surface area (Å²) in [6.45, 7) is 1.84. The summed E-state index contributed by atoms with van der Waals surface area (Å²) in [5.41, 5.74) is 2.56. The molecule has 2 N–H and O–H groups in total. The van der Waals surface area contributed by atoms with Crippen molar-refractivity contribution >= 4 is 18.1 Å². The van der Waals surface area contributed by atoms with Gasteiger partial charge in [0.1, 0.15) is 12.4 Å². The molecule has 0 radical (unpaired) electrons. The third-order valence-corrected chi connectivity index (χ3v) is 4.34. The molecule has 6 nitrogen and oxygen atoms in total. The summed E-state index contributed by atoms with van der Waals surface area (Å²) in [6, 6.07) is 16.0. The monoisotopic (exact) mass is 378 g/mol. The summed E-state index contributed by atoms with van der Waals surface area (Å²) in [7, 11) is 1.59. The molecule has 0 spiro atoms. The van der Waals surface area contributed by atoms with Gasteiger partial charge in [0.15, 0.2) is 0 Å². The number of allylic oxidation sites excluding steroid dienone is 1. The van der Waals surface area contributed by atoms with Crippen LogP contribution >= 0.6 is 0 Å². The Morgan fingerprint density at radius 2 is 1.82 bits per heavy atom. The fourth-order valence-corrected chi connectivity index (χ4v) is 2.95. The third kappa shape index (κ3) is 4.59. The molecule has 28 heavy (non-hydrogen) atoms. The Hall–Kier alpha value is -3.54. The number of amides is 2. The summed E-state index contributed by atoms with van der Waals surface area (Å²) in [5.74, 6) is 0.219. The second kappa shape index (κ2) is 8.90. The van der Waals surface area contributed by atoms with Gasteiger partial charge in [0.25, 0.3) is 0 Å². The maximum Gasteiger partial charge on any atom is 0.338 e. The average Bonchev–Trinajstić information content (AvgIpc) is 2.71. The Labute approximate surface area is 163 Å². The number of hydrogen-bond acceptors (Lipinski definition) is 4. The second-order valence-electron chi connectivity index (χ2n) is 6.28. The van der Waals surface area contributed by atoms with Gasteiger partial charge >= 0.3 is 12.0 Å². The van der Waals surface area contributed by atoms with Crippen LogP contribution in [0.2, 0.25) is 0 Å². The molecule has 0 aliphatic carbocycles. The first-order valence-electron chi connectivity index (χ1n) is 8.89.